The third-order valence-corrected chi connectivity index (χ3v) is 5.36. The van der Waals surface area contributed by atoms with Gasteiger partial charge in [-0.3, -0.25) is 0 Å². The van der Waals surface area contributed by atoms with Crippen LogP contribution in [0.4, 0.5) is 11.8 Å². The molecule has 2 saturated heterocycles. The van der Waals surface area contributed by atoms with Crippen molar-refractivity contribution in [1.82, 2.24) is 15.0 Å². The lowest BCUT2D eigenvalue weighted by Crippen LogP contribution is -2.46. The Morgan fingerprint density at radius 2 is 1.72 bits per heavy atom. The number of ether oxygens (including phenoxy) is 2. The minimum Gasteiger partial charge on any atom is -0.472 e. The van der Waals surface area contributed by atoms with Gasteiger partial charge in [-0.15, -0.1) is 0 Å². The highest BCUT2D eigenvalue weighted by Crippen LogP contribution is 2.30. The van der Waals surface area contributed by atoms with Crippen LogP contribution in [0.5, 0.6) is 0 Å². The van der Waals surface area contributed by atoms with Gasteiger partial charge in [-0.2, -0.15) is 9.97 Å². The van der Waals surface area contributed by atoms with Crippen LogP contribution in [0.15, 0.2) is 35.1 Å². The van der Waals surface area contributed by atoms with Crippen molar-refractivity contribution in [3.63, 3.8) is 0 Å². The second-order valence-corrected chi connectivity index (χ2v) is 7.69. The van der Waals surface area contributed by atoms with Gasteiger partial charge in [0.25, 0.3) is 0 Å². The normalized spacial score (nSPS) is 23.0. The van der Waals surface area contributed by atoms with Crippen LogP contribution < -0.4 is 9.80 Å². The van der Waals surface area contributed by atoms with Crippen LogP contribution in [0.1, 0.15) is 13.8 Å². The van der Waals surface area contributed by atoms with E-state index in [1.807, 2.05) is 12.1 Å². The second kappa shape index (κ2) is 7.61. The lowest BCUT2D eigenvalue weighted by Gasteiger charge is -2.36. The molecule has 0 N–H and O–H groups in total. The maximum absolute atomic E-state index is 5.89. The molecule has 2 aliphatic rings. The van der Waals surface area contributed by atoms with Crippen LogP contribution in [-0.2, 0) is 9.47 Å². The van der Waals surface area contributed by atoms with Crippen molar-refractivity contribution in [3.05, 3.63) is 30.7 Å². The highest BCUT2D eigenvalue weighted by atomic mass is 16.5. The van der Waals surface area contributed by atoms with Crippen LogP contribution in [0.3, 0.4) is 0 Å². The fraction of sp³-hybridized carbons (Fsp3) is 0.476. The first-order valence-electron chi connectivity index (χ1n) is 10.1. The molecule has 0 spiro atoms. The van der Waals surface area contributed by atoms with E-state index in [1.165, 1.54) is 0 Å². The summed E-state index contributed by atoms with van der Waals surface area (Å²) in [7, 11) is 0. The van der Waals surface area contributed by atoms with E-state index >= 15 is 0 Å². The predicted molar refractivity (Wildman–Crippen MR) is 110 cm³/mol. The number of hydrogen-bond donors (Lipinski definition) is 0. The summed E-state index contributed by atoms with van der Waals surface area (Å²) in [6, 6.07) is 5.97. The molecular weight excluding hydrogens is 370 g/mol. The number of rotatable bonds is 3. The highest BCUT2D eigenvalue weighted by Gasteiger charge is 2.26. The molecule has 0 amide bonds. The van der Waals surface area contributed by atoms with Crippen LogP contribution in [0.2, 0.25) is 0 Å². The number of nitrogens with zero attached hydrogens (tertiary/aromatic N) is 5. The van der Waals surface area contributed by atoms with Crippen LogP contribution in [-0.4, -0.2) is 66.6 Å². The number of morpholine rings is 2. The molecule has 0 aromatic carbocycles. The topological polar surface area (TPSA) is 76.8 Å². The Labute approximate surface area is 169 Å². The lowest BCUT2D eigenvalue weighted by atomic mass is 10.2. The fourth-order valence-electron chi connectivity index (χ4n) is 4.05. The number of furan rings is 1. The van der Waals surface area contributed by atoms with Gasteiger partial charge in [-0.05, 0) is 32.0 Å². The van der Waals surface area contributed by atoms with Crippen molar-refractivity contribution in [2.75, 3.05) is 49.2 Å². The van der Waals surface area contributed by atoms with Crippen molar-refractivity contribution < 1.29 is 13.9 Å². The van der Waals surface area contributed by atoms with E-state index in [0.717, 1.165) is 48.6 Å². The number of anilines is 2. The Kier molecular flexibility index (Phi) is 4.81. The van der Waals surface area contributed by atoms with Crippen molar-refractivity contribution in [1.29, 1.82) is 0 Å². The van der Waals surface area contributed by atoms with E-state index in [2.05, 4.69) is 29.7 Å². The van der Waals surface area contributed by atoms with Gasteiger partial charge >= 0.3 is 0 Å². The Morgan fingerprint density at radius 3 is 2.45 bits per heavy atom. The first-order valence-corrected chi connectivity index (χ1v) is 10.1. The number of aromatic nitrogens is 3. The molecule has 152 valence electrons. The largest absolute Gasteiger partial charge is 0.472 e. The summed E-state index contributed by atoms with van der Waals surface area (Å²) in [4.78, 5) is 19.1. The smallest absolute Gasteiger partial charge is 0.229 e. The average molecular weight is 395 g/mol. The molecule has 8 heteroatoms. The van der Waals surface area contributed by atoms with Gasteiger partial charge in [0.05, 0.1) is 49.0 Å². The van der Waals surface area contributed by atoms with E-state index in [4.69, 9.17) is 28.8 Å². The molecule has 0 saturated carbocycles. The Balaban J connectivity index is 1.62. The van der Waals surface area contributed by atoms with Gasteiger partial charge < -0.3 is 23.7 Å². The van der Waals surface area contributed by atoms with Crippen LogP contribution >= 0.6 is 0 Å². The monoisotopic (exact) mass is 395 g/mol. The molecule has 2 aliphatic heterocycles. The van der Waals surface area contributed by atoms with Gasteiger partial charge in [-0.1, -0.05) is 0 Å². The number of hydrogen-bond acceptors (Lipinski definition) is 8. The highest BCUT2D eigenvalue weighted by molar-refractivity contribution is 5.89. The summed E-state index contributed by atoms with van der Waals surface area (Å²) in [5.41, 5.74) is 2.48. The first kappa shape index (κ1) is 18.3. The van der Waals surface area contributed by atoms with Gasteiger partial charge in [0.2, 0.25) is 5.95 Å². The molecular formula is C21H25N5O3. The zero-order valence-corrected chi connectivity index (χ0v) is 16.7. The summed E-state index contributed by atoms with van der Waals surface area (Å²) in [5.74, 6) is 1.63. The van der Waals surface area contributed by atoms with Crippen molar-refractivity contribution in [2.45, 2.75) is 26.1 Å². The van der Waals surface area contributed by atoms with Gasteiger partial charge in [0.15, 0.2) is 5.65 Å². The van der Waals surface area contributed by atoms with Gasteiger partial charge in [0.1, 0.15) is 5.82 Å². The average Bonchev–Trinajstić information content (AvgIpc) is 3.27. The molecule has 2 atom stereocenters. The van der Waals surface area contributed by atoms with Crippen LogP contribution in [0.25, 0.3) is 22.3 Å². The summed E-state index contributed by atoms with van der Waals surface area (Å²) < 4.78 is 16.7. The molecule has 0 unspecified atom stereocenters. The molecule has 0 aliphatic carbocycles. The van der Waals surface area contributed by atoms with Crippen molar-refractivity contribution in [3.8, 4) is 11.3 Å². The number of pyridine rings is 1. The van der Waals surface area contributed by atoms with E-state index in [0.29, 0.717) is 24.8 Å². The maximum atomic E-state index is 5.89. The molecule has 29 heavy (non-hydrogen) atoms. The fourth-order valence-corrected chi connectivity index (χ4v) is 4.05. The van der Waals surface area contributed by atoms with Crippen molar-refractivity contribution >= 4 is 22.8 Å². The molecule has 0 radical (unpaired) electrons. The van der Waals surface area contributed by atoms with E-state index in [1.54, 1.807) is 12.5 Å². The maximum Gasteiger partial charge on any atom is 0.229 e. The molecule has 5 heterocycles. The third-order valence-electron chi connectivity index (χ3n) is 5.36. The zero-order chi connectivity index (χ0) is 19.8. The van der Waals surface area contributed by atoms with Crippen molar-refractivity contribution in [2.24, 2.45) is 0 Å². The van der Waals surface area contributed by atoms with Gasteiger partial charge in [-0.25, -0.2) is 4.98 Å². The Morgan fingerprint density at radius 1 is 0.931 bits per heavy atom. The third kappa shape index (κ3) is 3.65. The summed E-state index contributed by atoms with van der Waals surface area (Å²) >= 11 is 0. The zero-order valence-electron chi connectivity index (χ0n) is 16.7. The summed E-state index contributed by atoms with van der Waals surface area (Å²) in [5, 5.41) is 0.956. The Hall–Kier alpha value is -2.71. The minimum atomic E-state index is 0.134. The predicted octanol–water partition coefficient (Wildman–Crippen LogP) is 2.74. The Bertz CT molecular complexity index is 977. The van der Waals surface area contributed by atoms with E-state index in [-0.39, 0.29) is 12.2 Å². The minimum absolute atomic E-state index is 0.134. The molecule has 2 fully saturated rings. The van der Waals surface area contributed by atoms with E-state index < -0.39 is 0 Å². The van der Waals surface area contributed by atoms with Gasteiger partial charge in [0, 0.05) is 31.7 Å². The first-order chi connectivity index (χ1) is 14.2. The molecule has 3 aromatic rings. The summed E-state index contributed by atoms with van der Waals surface area (Å²) in [6.07, 6.45) is 3.62. The molecule has 8 nitrogen and oxygen atoms in total. The molecule has 3 aromatic heterocycles. The van der Waals surface area contributed by atoms with Crippen LogP contribution in [0, 0.1) is 0 Å². The standard InChI is InChI=1S/C21H25N5O3/c1-14-11-26(12-15(2)29-14)21-23-19-17(20(24-21)25-6-9-27-10-7-25)3-4-18(22-19)16-5-8-28-13-16/h3-5,8,13-15H,6-7,9-12H2,1-2H3/t14-,15+. The lowest BCUT2D eigenvalue weighted by molar-refractivity contribution is -0.00570. The second-order valence-electron chi connectivity index (χ2n) is 7.69. The van der Waals surface area contributed by atoms with E-state index in [9.17, 15) is 0 Å². The molecule has 5 rings (SSSR count). The number of fused-ring (bicyclic) bond motifs is 1. The SMILES string of the molecule is C[C@@H]1CN(c2nc(N3CCOCC3)c3ccc(-c4ccoc4)nc3n2)C[C@H](C)O1. The summed E-state index contributed by atoms with van der Waals surface area (Å²) in [6.45, 7) is 8.72. The quantitative estimate of drug-likeness (QED) is 0.670. The molecule has 0 bridgehead atoms.